The Morgan fingerprint density at radius 3 is 2.07 bits per heavy atom. The molecule has 2 aliphatic heterocycles. The fraction of sp³-hybridized carbons (Fsp3) is 0.650. The number of carbonyl (C=O) groups excluding carboxylic acids is 2. The van der Waals surface area contributed by atoms with Gasteiger partial charge in [0.25, 0.3) is 0 Å². The summed E-state index contributed by atoms with van der Waals surface area (Å²) in [5.74, 6) is 0.140. The molecular formula is C20H31N5O3. The van der Waals surface area contributed by atoms with Crippen LogP contribution in [0.25, 0.3) is 0 Å². The van der Waals surface area contributed by atoms with Crippen LogP contribution in [0.15, 0.2) is 24.5 Å². The molecule has 1 aromatic heterocycles. The van der Waals surface area contributed by atoms with Gasteiger partial charge in [-0.3, -0.25) is 14.7 Å². The van der Waals surface area contributed by atoms with Crippen LogP contribution in [0.1, 0.15) is 20.8 Å². The molecule has 0 N–H and O–H groups in total. The Morgan fingerprint density at radius 1 is 0.929 bits per heavy atom. The van der Waals surface area contributed by atoms with Gasteiger partial charge in [-0.15, -0.1) is 0 Å². The molecule has 3 rings (SSSR count). The molecule has 0 saturated carbocycles. The second-order valence-electron chi connectivity index (χ2n) is 8.32. The highest BCUT2D eigenvalue weighted by atomic mass is 16.6. The number of ether oxygens (including phenoxy) is 1. The van der Waals surface area contributed by atoms with Gasteiger partial charge in [0.1, 0.15) is 5.60 Å². The highest BCUT2D eigenvalue weighted by Gasteiger charge is 2.28. The quantitative estimate of drug-likeness (QED) is 0.776. The van der Waals surface area contributed by atoms with Crippen molar-refractivity contribution < 1.29 is 14.3 Å². The summed E-state index contributed by atoms with van der Waals surface area (Å²) in [7, 11) is 0. The first-order valence-electron chi connectivity index (χ1n) is 9.95. The van der Waals surface area contributed by atoms with E-state index in [0.717, 1.165) is 26.2 Å². The van der Waals surface area contributed by atoms with Gasteiger partial charge >= 0.3 is 6.09 Å². The highest BCUT2D eigenvalue weighted by molar-refractivity contribution is 5.79. The molecule has 0 radical (unpaired) electrons. The van der Waals surface area contributed by atoms with E-state index in [1.807, 2.05) is 50.2 Å². The Hall–Kier alpha value is -2.35. The minimum atomic E-state index is -0.498. The van der Waals surface area contributed by atoms with Gasteiger partial charge in [0.05, 0.1) is 6.54 Å². The molecule has 28 heavy (non-hydrogen) atoms. The zero-order valence-electron chi connectivity index (χ0n) is 17.1. The van der Waals surface area contributed by atoms with Crippen LogP contribution in [-0.4, -0.2) is 96.2 Å². The number of amides is 2. The van der Waals surface area contributed by atoms with E-state index in [2.05, 4.69) is 14.8 Å². The van der Waals surface area contributed by atoms with Crippen molar-refractivity contribution in [1.29, 1.82) is 0 Å². The van der Waals surface area contributed by atoms with Crippen LogP contribution in [0.2, 0.25) is 0 Å². The lowest BCUT2D eigenvalue weighted by atomic mass is 10.2. The van der Waals surface area contributed by atoms with E-state index in [9.17, 15) is 9.59 Å². The molecule has 2 aliphatic rings. The van der Waals surface area contributed by atoms with E-state index in [0.29, 0.717) is 32.7 Å². The normalized spacial score (nSPS) is 18.9. The van der Waals surface area contributed by atoms with Crippen LogP contribution in [0.3, 0.4) is 0 Å². The van der Waals surface area contributed by atoms with Crippen molar-refractivity contribution in [3.05, 3.63) is 24.5 Å². The summed E-state index contributed by atoms with van der Waals surface area (Å²) in [6, 6.07) is 4.04. The number of rotatable bonds is 3. The lowest BCUT2D eigenvalue weighted by molar-refractivity contribution is -0.134. The second-order valence-corrected chi connectivity index (χ2v) is 8.32. The first kappa shape index (κ1) is 20.4. The molecule has 0 unspecified atom stereocenters. The zero-order chi connectivity index (χ0) is 20.1. The van der Waals surface area contributed by atoms with Gasteiger partial charge in [-0.25, -0.2) is 4.79 Å². The Kier molecular flexibility index (Phi) is 6.39. The first-order valence-corrected chi connectivity index (χ1v) is 9.95. The molecule has 2 fully saturated rings. The molecule has 0 bridgehead atoms. The number of anilines is 1. The molecule has 0 atom stereocenters. The van der Waals surface area contributed by atoms with E-state index in [4.69, 9.17) is 4.74 Å². The Morgan fingerprint density at radius 2 is 1.50 bits per heavy atom. The predicted molar refractivity (Wildman–Crippen MR) is 107 cm³/mol. The third-order valence-corrected chi connectivity index (χ3v) is 5.04. The minimum Gasteiger partial charge on any atom is -0.444 e. The molecule has 154 valence electrons. The van der Waals surface area contributed by atoms with Gasteiger partial charge in [0.2, 0.25) is 5.91 Å². The monoisotopic (exact) mass is 389 g/mol. The largest absolute Gasteiger partial charge is 0.444 e. The molecule has 0 spiro atoms. The maximum Gasteiger partial charge on any atom is 0.410 e. The molecular weight excluding hydrogens is 358 g/mol. The average molecular weight is 390 g/mol. The van der Waals surface area contributed by atoms with Crippen LogP contribution in [0.4, 0.5) is 10.5 Å². The third kappa shape index (κ3) is 5.58. The number of piperazine rings is 2. The highest BCUT2D eigenvalue weighted by Crippen LogP contribution is 2.15. The SMILES string of the molecule is CC(C)(C)OC(=O)N1CCN(C(=O)CN2CCN(c3ccncc3)CC2)CC1. The van der Waals surface area contributed by atoms with Gasteiger partial charge in [-0.2, -0.15) is 0 Å². The summed E-state index contributed by atoms with van der Waals surface area (Å²) in [5, 5.41) is 0. The van der Waals surface area contributed by atoms with Crippen LogP contribution in [0, 0.1) is 0 Å². The number of aromatic nitrogens is 1. The van der Waals surface area contributed by atoms with Gasteiger partial charge in [-0.05, 0) is 32.9 Å². The van der Waals surface area contributed by atoms with Crippen molar-refractivity contribution >= 4 is 17.7 Å². The maximum atomic E-state index is 12.7. The topological polar surface area (TPSA) is 69.2 Å². The van der Waals surface area contributed by atoms with Gasteiger partial charge < -0.3 is 19.4 Å². The molecule has 2 saturated heterocycles. The smallest absolute Gasteiger partial charge is 0.410 e. The van der Waals surface area contributed by atoms with Crippen molar-refractivity contribution in [1.82, 2.24) is 19.7 Å². The van der Waals surface area contributed by atoms with Crippen molar-refractivity contribution in [3.63, 3.8) is 0 Å². The zero-order valence-corrected chi connectivity index (χ0v) is 17.1. The van der Waals surface area contributed by atoms with E-state index in [1.54, 1.807) is 4.90 Å². The lowest BCUT2D eigenvalue weighted by Gasteiger charge is -2.38. The van der Waals surface area contributed by atoms with Crippen molar-refractivity contribution in [3.8, 4) is 0 Å². The van der Waals surface area contributed by atoms with Crippen LogP contribution >= 0.6 is 0 Å². The summed E-state index contributed by atoms with van der Waals surface area (Å²) < 4.78 is 5.41. The summed E-state index contributed by atoms with van der Waals surface area (Å²) >= 11 is 0. The molecule has 1 aromatic rings. The van der Waals surface area contributed by atoms with Crippen molar-refractivity contribution in [2.24, 2.45) is 0 Å². The Labute approximate surface area is 167 Å². The lowest BCUT2D eigenvalue weighted by Crippen LogP contribution is -2.55. The number of hydrogen-bond donors (Lipinski definition) is 0. The Bertz CT molecular complexity index is 660. The molecule has 2 amide bonds. The van der Waals surface area contributed by atoms with Crippen molar-refractivity contribution in [2.75, 3.05) is 63.8 Å². The van der Waals surface area contributed by atoms with E-state index >= 15 is 0 Å². The predicted octanol–water partition coefficient (Wildman–Crippen LogP) is 1.28. The molecule has 3 heterocycles. The van der Waals surface area contributed by atoms with Crippen LogP contribution in [-0.2, 0) is 9.53 Å². The number of pyridine rings is 1. The minimum absolute atomic E-state index is 0.140. The van der Waals surface area contributed by atoms with E-state index < -0.39 is 5.60 Å². The Balaban J connectivity index is 1.40. The summed E-state index contributed by atoms with van der Waals surface area (Å²) in [6.45, 7) is 11.7. The van der Waals surface area contributed by atoms with E-state index in [-0.39, 0.29) is 12.0 Å². The molecule has 8 nitrogen and oxygen atoms in total. The van der Waals surface area contributed by atoms with Gasteiger partial charge in [-0.1, -0.05) is 0 Å². The van der Waals surface area contributed by atoms with Crippen LogP contribution in [0.5, 0.6) is 0 Å². The van der Waals surface area contributed by atoms with Crippen LogP contribution < -0.4 is 4.90 Å². The molecule has 8 heteroatoms. The number of nitrogens with zero attached hydrogens (tertiary/aromatic N) is 5. The fourth-order valence-electron chi connectivity index (χ4n) is 3.48. The van der Waals surface area contributed by atoms with Crippen molar-refractivity contribution in [2.45, 2.75) is 26.4 Å². The summed E-state index contributed by atoms with van der Waals surface area (Å²) in [5.41, 5.74) is 0.682. The van der Waals surface area contributed by atoms with E-state index in [1.165, 1.54) is 5.69 Å². The third-order valence-electron chi connectivity index (χ3n) is 5.04. The fourth-order valence-corrected chi connectivity index (χ4v) is 3.48. The number of carbonyl (C=O) groups is 2. The standard InChI is InChI=1S/C20H31N5O3/c1-20(2,3)28-19(27)25-14-12-24(13-15-25)18(26)16-22-8-10-23(11-9-22)17-4-6-21-7-5-17/h4-7H,8-16H2,1-3H3. The second kappa shape index (κ2) is 8.77. The summed E-state index contributed by atoms with van der Waals surface area (Å²) in [4.78, 5) is 36.9. The molecule has 0 aromatic carbocycles. The first-order chi connectivity index (χ1) is 13.3. The van der Waals surface area contributed by atoms with Gasteiger partial charge in [0.15, 0.2) is 0 Å². The average Bonchev–Trinajstić information content (AvgIpc) is 2.68. The van der Waals surface area contributed by atoms with Gasteiger partial charge in [0, 0.05) is 70.4 Å². The summed E-state index contributed by atoms with van der Waals surface area (Å²) in [6.07, 6.45) is 3.32. The number of hydrogen-bond acceptors (Lipinski definition) is 6. The molecule has 0 aliphatic carbocycles. The maximum absolute atomic E-state index is 12.7.